The predicted molar refractivity (Wildman–Crippen MR) is 82.5 cm³/mol. The number of aryl methyl sites for hydroxylation is 1. The number of hydrogen-bond acceptors (Lipinski definition) is 2. The Balaban J connectivity index is 2.35. The number of benzene rings is 2. The van der Waals surface area contributed by atoms with Crippen LogP contribution in [-0.2, 0) is 0 Å². The zero-order chi connectivity index (χ0) is 14.7. The highest BCUT2D eigenvalue weighted by Crippen LogP contribution is 2.30. The van der Waals surface area contributed by atoms with Gasteiger partial charge in [-0.15, -0.1) is 0 Å². The average Bonchev–Trinajstić information content (AvgIpc) is 2.37. The van der Waals surface area contributed by atoms with Crippen LogP contribution in [0.15, 0.2) is 40.9 Å². The number of halogens is 2. The van der Waals surface area contributed by atoms with E-state index in [0.29, 0.717) is 6.61 Å². The van der Waals surface area contributed by atoms with Gasteiger partial charge in [-0.1, -0.05) is 28.1 Å². The molecule has 1 atom stereocenters. The van der Waals surface area contributed by atoms with Crippen LogP contribution in [-0.4, -0.2) is 6.61 Å². The Bertz CT molecular complexity index is 595. The molecule has 0 aliphatic heterocycles. The van der Waals surface area contributed by atoms with E-state index in [1.54, 1.807) is 0 Å². The monoisotopic (exact) mass is 337 g/mol. The van der Waals surface area contributed by atoms with E-state index in [2.05, 4.69) is 15.9 Å². The molecule has 0 saturated carbocycles. The summed E-state index contributed by atoms with van der Waals surface area (Å²) < 4.78 is 19.8. The van der Waals surface area contributed by atoms with Gasteiger partial charge in [0.2, 0.25) is 0 Å². The summed E-state index contributed by atoms with van der Waals surface area (Å²) in [5, 5.41) is 0. The molecule has 2 rings (SSSR count). The van der Waals surface area contributed by atoms with Crippen molar-refractivity contribution >= 4 is 15.9 Å². The highest BCUT2D eigenvalue weighted by atomic mass is 79.9. The van der Waals surface area contributed by atoms with Crippen LogP contribution in [0.5, 0.6) is 5.75 Å². The molecule has 2 aromatic carbocycles. The maximum atomic E-state index is 13.5. The molecule has 0 amide bonds. The van der Waals surface area contributed by atoms with E-state index in [9.17, 15) is 4.39 Å². The maximum absolute atomic E-state index is 13.5. The SMILES string of the molecule is CCOc1ccc(C(N)c2cc(C)cc(F)c2)c(Br)c1. The lowest BCUT2D eigenvalue weighted by atomic mass is 9.98. The minimum atomic E-state index is -0.380. The second-order valence-corrected chi connectivity index (χ2v) is 5.51. The highest BCUT2D eigenvalue weighted by molar-refractivity contribution is 9.10. The summed E-state index contributed by atoms with van der Waals surface area (Å²) in [6.07, 6.45) is 0. The van der Waals surface area contributed by atoms with Crippen molar-refractivity contribution in [3.63, 3.8) is 0 Å². The molecule has 0 saturated heterocycles. The van der Waals surface area contributed by atoms with Crippen molar-refractivity contribution in [2.24, 2.45) is 5.73 Å². The molecule has 0 aliphatic carbocycles. The van der Waals surface area contributed by atoms with Gasteiger partial charge in [0.15, 0.2) is 0 Å². The van der Waals surface area contributed by atoms with Gasteiger partial charge in [-0.05, 0) is 54.8 Å². The molecule has 0 bridgehead atoms. The second kappa shape index (κ2) is 6.37. The third-order valence-corrected chi connectivity index (χ3v) is 3.73. The Hall–Kier alpha value is -1.39. The minimum Gasteiger partial charge on any atom is -0.494 e. The molecule has 0 radical (unpaired) electrons. The van der Waals surface area contributed by atoms with E-state index in [0.717, 1.165) is 26.9 Å². The van der Waals surface area contributed by atoms with Crippen molar-refractivity contribution in [2.45, 2.75) is 19.9 Å². The standard InChI is InChI=1S/C16H17BrFNO/c1-3-20-13-4-5-14(15(17)9-13)16(19)11-6-10(2)7-12(18)8-11/h4-9,16H,3,19H2,1-2H3. The first-order chi connectivity index (χ1) is 9.51. The normalized spacial score (nSPS) is 12.2. The molecule has 0 aliphatic rings. The van der Waals surface area contributed by atoms with E-state index >= 15 is 0 Å². The minimum absolute atomic E-state index is 0.266. The molecule has 2 aromatic rings. The van der Waals surface area contributed by atoms with Crippen LogP contribution in [0.1, 0.15) is 29.7 Å². The summed E-state index contributed by atoms with van der Waals surface area (Å²) >= 11 is 3.50. The van der Waals surface area contributed by atoms with Crippen LogP contribution in [0.4, 0.5) is 4.39 Å². The Morgan fingerprint density at radius 1 is 1.25 bits per heavy atom. The molecule has 0 fully saturated rings. The molecular weight excluding hydrogens is 321 g/mol. The molecule has 2 N–H and O–H groups in total. The van der Waals surface area contributed by atoms with Gasteiger partial charge < -0.3 is 10.5 Å². The lowest BCUT2D eigenvalue weighted by Crippen LogP contribution is -2.13. The van der Waals surface area contributed by atoms with Crippen molar-refractivity contribution < 1.29 is 9.13 Å². The summed E-state index contributed by atoms with van der Waals surface area (Å²) in [7, 11) is 0. The average molecular weight is 338 g/mol. The van der Waals surface area contributed by atoms with E-state index in [1.807, 2.05) is 38.1 Å². The van der Waals surface area contributed by atoms with E-state index < -0.39 is 0 Å². The van der Waals surface area contributed by atoms with E-state index in [4.69, 9.17) is 10.5 Å². The quantitative estimate of drug-likeness (QED) is 0.900. The van der Waals surface area contributed by atoms with Gasteiger partial charge in [0.25, 0.3) is 0 Å². The van der Waals surface area contributed by atoms with Crippen molar-refractivity contribution in [3.05, 3.63) is 63.4 Å². The summed E-state index contributed by atoms with van der Waals surface area (Å²) in [6, 6.07) is 10.1. The van der Waals surface area contributed by atoms with Crippen molar-refractivity contribution in [1.82, 2.24) is 0 Å². The first-order valence-corrected chi connectivity index (χ1v) is 7.25. The second-order valence-electron chi connectivity index (χ2n) is 4.66. The van der Waals surface area contributed by atoms with Crippen LogP contribution in [0.3, 0.4) is 0 Å². The number of nitrogens with two attached hydrogens (primary N) is 1. The van der Waals surface area contributed by atoms with Gasteiger partial charge in [-0.25, -0.2) is 4.39 Å². The molecule has 0 spiro atoms. The van der Waals surface area contributed by atoms with E-state index in [-0.39, 0.29) is 11.9 Å². The molecule has 2 nitrogen and oxygen atoms in total. The third kappa shape index (κ3) is 3.38. The van der Waals surface area contributed by atoms with Gasteiger partial charge in [0.05, 0.1) is 12.6 Å². The molecule has 20 heavy (non-hydrogen) atoms. The summed E-state index contributed by atoms with van der Waals surface area (Å²) in [6.45, 7) is 4.40. The van der Waals surface area contributed by atoms with Gasteiger partial charge in [-0.3, -0.25) is 0 Å². The first-order valence-electron chi connectivity index (χ1n) is 6.46. The Labute approximate surface area is 126 Å². The molecule has 0 aromatic heterocycles. The topological polar surface area (TPSA) is 35.2 Å². The largest absolute Gasteiger partial charge is 0.494 e. The van der Waals surface area contributed by atoms with Gasteiger partial charge in [-0.2, -0.15) is 0 Å². The van der Waals surface area contributed by atoms with Crippen LogP contribution in [0.25, 0.3) is 0 Å². The smallest absolute Gasteiger partial charge is 0.123 e. The molecule has 4 heteroatoms. The summed E-state index contributed by atoms with van der Waals surface area (Å²) in [4.78, 5) is 0. The summed E-state index contributed by atoms with van der Waals surface area (Å²) in [5.74, 6) is 0.517. The van der Waals surface area contributed by atoms with Crippen LogP contribution >= 0.6 is 15.9 Å². The highest BCUT2D eigenvalue weighted by Gasteiger charge is 2.14. The van der Waals surface area contributed by atoms with Crippen molar-refractivity contribution in [2.75, 3.05) is 6.61 Å². The third-order valence-electron chi connectivity index (χ3n) is 3.04. The number of rotatable bonds is 4. The Morgan fingerprint density at radius 2 is 2.00 bits per heavy atom. The maximum Gasteiger partial charge on any atom is 0.123 e. The van der Waals surface area contributed by atoms with Gasteiger partial charge in [0, 0.05) is 4.47 Å². The molecule has 1 unspecified atom stereocenters. The number of hydrogen-bond donors (Lipinski definition) is 1. The zero-order valence-electron chi connectivity index (χ0n) is 11.5. The lowest BCUT2D eigenvalue weighted by Gasteiger charge is -2.16. The van der Waals surface area contributed by atoms with Crippen LogP contribution in [0, 0.1) is 12.7 Å². The van der Waals surface area contributed by atoms with E-state index in [1.165, 1.54) is 12.1 Å². The predicted octanol–water partition coefficient (Wildman–Crippen LogP) is 4.34. The van der Waals surface area contributed by atoms with Gasteiger partial charge >= 0.3 is 0 Å². The van der Waals surface area contributed by atoms with Crippen LogP contribution < -0.4 is 10.5 Å². The fourth-order valence-electron chi connectivity index (χ4n) is 2.14. The fourth-order valence-corrected chi connectivity index (χ4v) is 2.74. The molecular formula is C16H17BrFNO. The molecule has 106 valence electrons. The first kappa shape index (κ1) is 15.0. The Morgan fingerprint density at radius 3 is 2.60 bits per heavy atom. The fraction of sp³-hybridized carbons (Fsp3) is 0.250. The summed E-state index contributed by atoms with van der Waals surface area (Å²) in [5.41, 5.74) is 8.76. The Kier molecular flexibility index (Phi) is 4.78. The van der Waals surface area contributed by atoms with Crippen LogP contribution in [0.2, 0.25) is 0 Å². The lowest BCUT2D eigenvalue weighted by molar-refractivity contribution is 0.340. The molecule has 0 heterocycles. The zero-order valence-corrected chi connectivity index (χ0v) is 13.1. The van der Waals surface area contributed by atoms with Gasteiger partial charge in [0.1, 0.15) is 11.6 Å². The number of ether oxygens (including phenoxy) is 1. The van der Waals surface area contributed by atoms with Crippen molar-refractivity contribution in [1.29, 1.82) is 0 Å². The van der Waals surface area contributed by atoms with Crippen molar-refractivity contribution in [3.8, 4) is 5.75 Å².